The summed E-state index contributed by atoms with van der Waals surface area (Å²) in [5.41, 5.74) is 0.761. The van der Waals surface area contributed by atoms with Gasteiger partial charge in [0.2, 0.25) is 5.91 Å². The number of carbonyl (C=O) groups excluding carboxylic acids is 1. The lowest BCUT2D eigenvalue weighted by Crippen LogP contribution is -2.32. The van der Waals surface area contributed by atoms with Crippen molar-refractivity contribution >= 4 is 5.91 Å². The minimum Gasteiger partial charge on any atom is -0.349 e. The molecule has 126 valence electrons. The molecule has 25 heavy (non-hydrogen) atoms. The van der Waals surface area contributed by atoms with Gasteiger partial charge in [-0.25, -0.2) is 9.37 Å². The maximum atomic E-state index is 13.8. The van der Waals surface area contributed by atoms with Gasteiger partial charge in [-0.3, -0.25) is 19.1 Å². The Bertz CT molecular complexity index is 941. The second kappa shape index (κ2) is 7.48. The molecule has 0 aliphatic rings. The molecule has 1 aromatic carbocycles. The van der Waals surface area contributed by atoms with Gasteiger partial charge in [-0.1, -0.05) is 18.2 Å². The average Bonchev–Trinajstić information content (AvgIpc) is 2.63. The first-order chi connectivity index (χ1) is 12.1. The Balaban J connectivity index is 1.68. The van der Waals surface area contributed by atoms with Gasteiger partial charge in [0, 0.05) is 17.8 Å². The summed E-state index contributed by atoms with van der Waals surface area (Å²) < 4.78 is 14.9. The standard InChI is InChI=1S/C18H15FN4O2/c19-15-7-2-1-6-14(15)16-9-18(25)23(12-22-16)11-17(24)21-10-13-5-3-4-8-20-13/h1-9,12H,10-11H2,(H,21,24). The van der Waals surface area contributed by atoms with E-state index in [0.717, 1.165) is 10.3 Å². The maximum absolute atomic E-state index is 13.8. The van der Waals surface area contributed by atoms with Crippen LogP contribution in [-0.2, 0) is 17.9 Å². The largest absolute Gasteiger partial charge is 0.349 e. The van der Waals surface area contributed by atoms with Gasteiger partial charge >= 0.3 is 0 Å². The molecule has 0 spiro atoms. The number of rotatable bonds is 5. The molecule has 6 nitrogen and oxygen atoms in total. The van der Waals surface area contributed by atoms with Gasteiger partial charge in [0.05, 0.1) is 24.3 Å². The number of nitrogens with one attached hydrogen (secondary N) is 1. The molecule has 0 aliphatic carbocycles. The molecule has 0 saturated heterocycles. The number of nitrogens with zero attached hydrogens (tertiary/aromatic N) is 3. The van der Waals surface area contributed by atoms with Gasteiger partial charge in [-0.15, -0.1) is 0 Å². The molecular weight excluding hydrogens is 323 g/mol. The molecule has 0 saturated carbocycles. The molecule has 3 rings (SSSR count). The van der Waals surface area contributed by atoms with Crippen LogP contribution >= 0.6 is 0 Å². The highest BCUT2D eigenvalue weighted by Gasteiger charge is 2.09. The highest BCUT2D eigenvalue weighted by Crippen LogP contribution is 2.18. The Morgan fingerprint density at radius 2 is 1.92 bits per heavy atom. The van der Waals surface area contributed by atoms with Crippen LogP contribution in [-0.4, -0.2) is 20.4 Å². The Morgan fingerprint density at radius 1 is 1.12 bits per heavy atom. The van der Waals surface area contributed by atoms with Crippen LogP contribution < -0.4 is 10.9 Å². The summed E-state index contributed by atoms with van der Waals surface area (Å²) >= 11 is 0. The molecule has 7 heteroatoms. The van der Waals surface area contributed by atoms with Crippen molar-refractivity contribution in [2.75, 3.05) is 0 Å². The maximum Gasteiger partial charge on any atom is 0.254 e. The highest BCUT2D eigenvalue weighted by molar-refractivity contribution is 5.75. The van der Waals surface area contributed by atoms with E-state index in [-0.39, 0.29) is 30.3 Å². The summed E-state index contributed by atoms with van der Waals surface area (Å²) in [6.45, 7) is 0.103. The number of pyridine rings is 1. The van der Waals surface area contributed by atoms with Crippen LogP contribution in [0.2, 0.25) is 0 Å². The Labute approximate surface area is 143 Å². The third kappa shape index (κ3) is 4.14. The van der Waals surface area contributed by atoms with Crippen LogP contribution in [0.3, 0.4) is 0 Å². The normalized spacial score (nSPS) is 10.4. The highest BCUT2D eigenvalue weighted by atomic mass is 19.1. The zero-order chi connectivity index (χ0) is 17.6. The molecule has 0 unspecified atom stereocenters. The number of amides is 1. The lowest BCUT2D eigenvalue weighted by atomic mass is 10.1. The van der Waals surface area contributed by atoms with Crippen molar-refractivity contribution < 1.29 is 9.18 Å². The second-order valence-electron chi connectivity index (χ2n) is 5.32. The van der Waals surface area contributed by atoms with E-state index < -0.39 is 11.4 Å². The van der Waals surface area contributed by atoms with E-state index in [1.165, 1.54) is 18.5 Å². The third-order valence-corrected chi connectivity index (χ3v) is 3.54. The molecule has 2 heterocycles. The molecule has 3 aromatic rings. The van der Waals surface area contributed by atoms with Crippen molar-refractivity contribution in [2.24, 2.45) is 0 Å². The van der Waals surface area contributed by atoms with Crippen LogP contribution in [0.5, 0.6) is 0 Å². The minimum absolute atomic E-state index is 0.170. The van der Waals surface area contributed by atoms with Gasteiger partial charge in [0.15, 0.2) is 0 Å². The fraction of sp³-hybridized carbons (Fsp3) is 0.111. The van der Waals surface area contributed by atoms with Gasteiger partial charge in [-0.2, -0.15) is 0 Å². The van der Waals surface area contributed by atoms with E-state index >= 15 is 0 Å². The first kappa shape index (κ1) is 16.5. The number of hydrogen-bond donors (Lipinski definition) is 1. The van der Waals surface area contributed by atoms with E-state index in [4.69, 9.17) is 0 Å². The van der Waals surface area contributed by atoms with E-state index in [9.17, 15) is 14.0 Å². The minimum atomic E-state index is -0.458. The molecule has 0 radical (unpaired) electrons. The molecule has 0 fully saturated rings. The fourth-order valence-corrected chi connectivity index (χ4v) is 2.26. The van der Waals surface area contributed by atoms with E-state index in [1.54, 1.807) is 36.5 Å². The number of carbonyl (C=O) groups is 1. The lowest BCUT2D eigenvalue weighted by Gasteiger charge is -2.08. The van der Waals surface area contributed by atoms with Gasteiger partial charge in [-0.05, 0) is 24.3 Å². The van der Waals surface area contributed by atoms with Gasteiger partial charge in [0.1, 0.15) is 12.4 Å². The third-order valence-electron chi connectivity index (χ3n) is 3.54. The van der Waals surface area contributed by atoms with Crippen LogP contribution in [0.1, 0.15) is 5.69 Å². The number of aromatic nitrogens is 3. The van der Waals surface area contributed by atoms with Crippen LogP contribution in [0.25, 0.3) is 11.3 Å². The summed E-state index contributed by atoms with van der Waals surface area (Å²) in [5, 5.41) is 2.68. The van der Waals surface area contributed by atoms with E-state index in [2.05, 4.69) is 15.3 Å². The second-order valence-corrected chi connectivity index (χ2v) is 5.32. The first-order valence-electron chi connectivity index (χ1n) is 7.61. The summed E-state index contributed by atoms with van der Waals surface area (Å²) in [6, 6.07) is 12.7. The van der Waals surface area contributed by atoms with Crippen molar-refractivity contribution in [3.8, 4) is 11.3 Å². The zero-order valence-electron chi connectivity index (χ0n) is 13.2. The summed E-state index contributed by atoms with van der Waals surface area (Å²) in [5.74, 6) is -0.798. The molecule has 0 bridgehead atoms. The summed E-state index contributed by atoms with van der Waals surface area (Å²) in [7, 11) is 0. The van der Waals surface area contributed by atoms with Gasteiger partial charge in [0.25, 0.3) is 5.56 Å². The quantitative estimate of drug-likeness (QED) is 0.769. The number of halogens is 1. The molecule has 2 aromatic heterocycles. The van der Waals surface area contributed by atoms with Crippen molar-refractivity contribution in [3.63, 3.8) is 0 Å². The predicted octanol–water partition coefficient (Wildman–Crippen LogP) is 1.76. The molecule has 1 amide bonds. The predicted molar refractivity (Wildman–Crippen MR) is 90.0 cm³/mol. The van der Waals surface area contributed by atoms with Gasteiger partial charge < -0.3 is 5.32 Å². The monoisotopic (exact) mass is 338 g/mol. The number of benzene rings is 1. The molecule has 0 aliphatic heterocycles. The smallest absolute Gasteiger partial charge is 0.254 e. The van der Waals surface area contributed by atoms with Crippen molar-refractivity contribution in [1.82, 2.24) is 19.9 Å². The zero-order valence-corrected chi connectivity index (χ0v) is 13.2. The van der Waals surface area contributed by atoms with Crippen LogP contribution in [0.15, 0.2) is 65.8 Å². The topological polar surface area (TPSA) is 76.9 Å². The molecule has 0 atom stereocenters. The van der Waals surface area contributed by atoms with Crippen molar-refractivity contribution in [1.29, 1.82) is 0 Å². The van der Waals surface area contributed by atoms with Crippen molar-refractivity contribution in [3.05, 3.63) is 82.9 Å². The Morgan fingerprint density at radius 3 is 2.64 bits per heavy atom. The molecule has 1 N–H and O–H groups in total. The average molecular weight is 338 g/mol. The summed E-state index contributed by atoms with van der Waals surface area (Å²) in [4.78, 5) is 32.3. The first-order valence-corrected chi connectivity index (χ1v) is 7.61. The lowest BCUT2D eigenvalue weighted by molar-refractivity contribution is -0.121. The van der Waals surface area contributed by atoms with Crippen LogP contribution in [0.4, 0.5) is 4.39 Å². The molecular formula is C18H15FN4O2. The SMILES string of the molecule is O=C(Cn1cnc(-c2ccccc2F)cc1=O)NCc1ccccn1. The fourth-order valence-electron chi connectivity index (χ4n) is 2.26. The number of hydrogen-bond acceptors (Lipinski definition) is 4. The van der Waals surface area contributed by atoms with E-state index in [1.807, 2.05) is 6.07 Å². The Kier molecular flexibility index (Phi) is 4.94. The van der Waals surface area contributed by atoms with Crippen LogP contribution in [0, 0.1) is 5.82 Å². The van der Waals surface area contributed by atoms with E-state index in [0.29, 0.717) is 0 Å². The summed E-state index contributed by atoms with van der Waals surface area (Å²) in [6.07, 6.45) is 2.88. The van der Waals surface area contributed by atoms with Crippen molar-refractivity contribution in [2.45, 2.75) is 13.1 Å². The Hall–Kier alpha value is -3.35.